The van der Waals surface area contributed by atoms with Crippen LogP contribution in [0.3, 0.4) is 0 Å². The van der Waals surface area contributed by atoms with Gasteiger partial charge >= 0.3 is 0 Å². The van der Waals surface area contributed by atoms with E-state index in [-0.39, 0.29) is 4.90 Å². The Morgan fingerprint density at radius 1 is 1.31 bits per heavy atom. The lowest BCUT2D eigenvalue weighted by Gasteiger charge is -2.02. The van der Waals surface area contributed by atoms with Gasteiger partial charge in [-0.2, -0.15) is 0 Å². The number of fused-ring (bicyclic) bond motifs is 1. The van der Waals surface area contributed by atoms with Crippen LogP contribution in [0, 0.1) is 0 Å². The van der Waals surface area contributed by atoms with Gasteiger partial charge in [0.2, 0.25) is 0 Å². The predicted octanol–water partition coefficient (Wildman–Crippen LogP) is 2.23. The van der Waals surface area contributed by atoms with Crippen LogP contribution < -0.4 is 0 Å². The summed E-state index contributed by atoms with van der Waals surface area (Å²) in [6.07, 6.45) is 3.03. The normalized spacial score (nSPS) is 11.0. The monoisotopic (exact) mass is 234 g/mol. The molecular weight excluding hydrogens is 228 g/mol. The minimum atomic E-state index is -3.96. The molecule has 0 saturated heterocycles. The van der Waals surface area contributed by atoms with Gasteiger partial charge in [-0.15, -0.1) is 0 Å². The average Bonchev–Trinajstić information content (AvgIpc) is 2.28. The lowest BCUT2D eigenvalue weighted by Crippen LogP contribution is -1.96. The number of aromatic nitrogens is 1. The highest BCUT2D eigenvalue weighted by Gasteiger charge is 2.14. The maximum Gasteiger partial charge on any atom is 0.264 e. The molecule has 0 saturated carbocycles. The van der Waals surface area contributed by atoms with Crippen molar-refractivity contribution in [1.82, 2.24) is 4.98 Å². The molecule has 0 fully saturated rings. The van der Waals surface area contributed by atoms with Gasteiger partial charge in [0.05, 0.1) is 4.90 Å². The fourth-order valence-corrected chi connectivity index (χ4v) is 2.31. The third-order valence-corrected chi connectivity index (χ3v) is 3.26. The van der Waals surface area contributed by atoms with Crippen LogP contribution in [0.5, 0.6) is 0 Å². The third-order valence-electron chi connectivity index (χ3n) is 2.06. The van der Waals surface area contributed by atoms with Gasteiger partial charge in [0, 0.05) is 32.6 Å². The SMILES string of the molecule is [N-]=[N+]=NS(=O)(=O)c1cccc2cnccc12. The molecule has 0 bridgehead atoms. The Morgan fingerprint density at radius 2 is 2.12 bits per heavy atom. The largest absolute Gasteiger partial charge is 0.264 e. The summed E-state index contributed by atoms with van der Waals surface area (Å²) in [6.45, 7) is 0. The first-order chi connectivity index (χ1) is 7.65. The number of nitrogens with zero attached hydrogens (tertiary/aromatic N) is 4. The van der Waals surface area contributed by atoms with Gasteiger partial charge in [0.25, 0.3) is 10.0 Å². The van der Waals surface area contributed by atoms with E-state index in [0.29, 0.717) is 10.8 Å². The van der Waals surface area contributed by atoms with E-state index >= 15 is 0 Å². The fraction of sp³-hybridized carbons (Fsp3) is 0. The van der Waals surface area contributed by atoms with Crippen molar-refractivity contribution in [2.24, 2.45) is 4.52 Å². The van der Waals surface area contributed by atoms with Gasteiger partial charge in [-0.3, -0.25) is 4.98 Å². The topological polar surface area (TPSA) is 95.8 Å². The lowest BCUT2D eigenvalue weighted by molar-refractivity contribution is 0.598. The molecule has 0 spiro atoms. The number of sulfonamides is 1. The molecule has 2 rings (SSSR count). The molecule has 0 aliphatic rings. The predicted molar refractivity (Wildman–Crippen MR) is 58.1 cm³/mol. The highest BCUT2D eigenvalue weighted by Crippen LogP contribution is 2.23. The van der Waals surface area contributed by atoms with Crippen LogP contribution in [-0.4, -0.2) is 13.4 Å². The summed E-state index contributed by atoms with van der Waals surface area (Å²) in [5.41, 5.74) is 8.20. The van der Waals surface area contributed by atoms with Crippen LogP contribution in [0.2, 0.25) is 0 Å². The minimum absolute atomic E-state index is 0.00907. The maximum atomic E-state index is 11.6. The van der Waals surface area contributed by atoms with Crippen molar-refractivity contribution in [3.8, 4) is 0 Å². The second kappa shape index (κ2) is 3.80. The van der Waals surface area contributed by atoms with Crippen LogP contribution in [0.25, 0.3) is 21.2 Å². The van der Waals surface area contributed by atoms with Gasteiger partial charge in [0.1, 0.15) is 0 Å². The summed E-state index contributed by atoms with van der Waals surface area (Å²) >= 11 is 0. The molecule has 1 aromatic carbocycles. The molecule has 1 heterocycles. The van der Waals surface area contributed by atoms with E-state index in [1.165, 1.54) is 12.3 Å². The van der Waals surface area contributed by atoms with Gasteiger partial charge < -0.3 is 0 Å². The molecule has 7 heteroatoms. The zero-order valence-corrected chi connectivity index (χ0v) is 8.79. The number of hydrogen-bond donors (Lipinski definition) is 0. The Labute approximate surface area is 91.2 Å². The highest BCUT2D eigenvalue weighted by atomic mass is 32.2. The van der Waals surface area contributed by atoms with Gasteiger partial charge in [0.15, 0.2) is 0 Å². The first-order valence-corrected chi connectivity index (χ1v) is 5.73. The molecule has 2 aromatic rings. The second-order valence-electron chi connectivity index (χ2n) is 3.00. The van der Waals surface area contributed by atoms with Crippen molar-refractivity contribution in [3.05, 3.63) is 47.1 Å². The summed E-state index contributed by atoms with van der Waals surface area (Å²) < 4.78 is 26.0. The molecule has 0 atom stereocenters. The Balaban J connectivity index is 2.85. The number of pyridine rings is 1. The van der Waals surface area contributed by atoms with Crippen LogP contribution in [-0.2, 0) is 10.0 Å². The average molecular weight is 234 g/mol. The van der Waals surface area contributed by atoms with Gasteiger partial charge in [-0.1, -0.05) is 12.1 Å². The molecule has 0 radical (unpaired) electrons. The number of hydrogen-bond acceptors (Lipinski definition) is 3. The molecule has 16 heavy (non-hydrogen) atoms. The van der Waals surface area contributed by atoms with E-state index in [1.807, 2.05) is 0 Å². The standard InChI is InChI=1S/C9H6N4O2S/c10-12-13-16(14,15)9-3-1-2-7-6-11-5-4-8(7)9/h1-6H. The van der Waals surface area contributed by atoms with E-state index in [9.17, 15) is 8.42 Å². The van der Waals surface area contributed by atoms with Crippen molar-refractivity contribution in [2.75, 3.05) is 0 Å². The van der Waals surface area contributed by atoms with Crippen molar-refractivity contribution >= 4 is 20.8 Å². The molecule has 0 amide bonds. The van der Waals surface area contributed by atoms with Crippen molar-refractivity contribution in [3.63, 3.8) is 0 Å². The van der Waals surface area contributed by atoms with E-state index in [2.05, 4.69) is 14.4 Å². The van der Waals surface area contributed by atoms with Crippen LogP contribution in [0.1, 0.15) is 0 Å². The fourth-order valence-electron chi connectivity index (χ4n) is 1.41. The zero-order valence-electron chi connectivity index (χ0n) is 7.98. The first kappa shape index (κ1) is 10.4. The van der Waals surface area contributed by atoms with Crippen molar-refractivity contribution in [2.45, 2.75) is 4.90 Å². The molecule has 1 aromatic heterocycles. The third kappa shape index (κ3) is 1.69. The Bertz CT molecular complexity index is 684. The molecule has 0 N–H and O–H groups in total. The number of benzene rings is 1. The van der Waals surface area contributed by atoms with E-state index in [4.69, 9.17) is 5.53 Å². The summed E-state index contributed by atoms with van der Waals surface area (Å²) in [4.78, 5) is 6.19. The lowest BCUT2D eigenvalue weighted by atomic mass is 10.2. The summed E-state index contributed by atoms with van der Waals surface area (Å²) in [6, 6.07) is 6.27. The summed E-state index contributed by atoms with van der Waals surface area (Å²) in [5.74, 6) is 0. The first-order valence-electron chi connectivity index (χ1n) is 4.29. The molecular formula is C9H6N4O2S. The molecule has 80 valence electrons. The van der Waals surface area contributed by atoms with Crippen LogP contribution in [0.4, 0.5) is 0 Å². The second-order valence-corrected chi connectivity index (χ2v) is 4.55. The van der Waals surface area contributed by atoms with Gasteiger partial charge in [-0.25, -0.2) is 8.42 Å². The smallest absolute Gasteiger partial charge is 0.264 e. The van der Waals surface area contributed by atoms with E-state index < -0.39 is 10.0 Å². The van der Waals surface area contributed by atoms with Crippen LogP contribution >= 0.6 is 0 Å². The Kier molecular flexibility index (Phi) is 2.47. The quantitative estimate of drug-likeness (QED) is 0.452. The van der Waals surface area contributed by atoms with E-state index in [0.717, 1.165) is 0 Å². The van der Waals surface area contributed by atoms with Gasteiger partial charge in [-0.05, 0) is 17.7 Å². The Morgan fingerprint density at radius 3 is 2.88 bits per heavy atom. The molecule has 6 nitrogen and oxygen atoms in total. The Hall–Kier alpha value is -2.11. The van der Waals surface area contributed by atoms with Crippen molar-refractivity contribution < 1.29 is 8.42 Å². The van der Waals surface area contributed by atoms with Crippen LogP contribution in [0.15, 0.2) is 46.1 Å². The molecule has 0 unspecified atom stereocenters. The maximum absolute atomic E-state index is 11.6. The van der Waals surface area contributed by atoms with Crippen molar-refractivity contribution in [1.29, 1.82) is 0 Å². The summed E-state index contributed by atoms with van der Waals surface area (Å²) in [5, 5.41) is 1.17. The summed E-state index contributed by atoms with van der Waals surface area (Å²) in [7, 11) is -3.96. The number of azide groups is 1. The molecule has 0 aliphatic carbocycles. The van der Waals surface area contributed by atoms with E-state index in [1.54, 1.807) is 24.4 Å². The number of rotatable bonds is 2. The molecule has 0 aliphatic heterocycles. The minimum Gasteiger partial charge on any atom is -0.264 e. The highest BCUT2D eigenvalue weighted by molar-refractivity contribution is 7.90. The zero-order chi connectivity index (χ0) is 11.6.